The highest BCUT2D eigenvalue weighted by Gasteiger charge is 2.09. The van der Waals surface area contributed by atoms with Crippen LogP contribution >= 0.6 is 0 Å². The van der Waals surface area contributed by atoms with Crippen molar-refractivity contribution in [3.63, 3.8) is 0 Å². The molecule has 0 aliphatic rings. The SMILES string of the molecule is O=C(/C=C/c1cccc(OC(=O)c2ccc(F)cc2)c1)c1ccccc1. The maximum Gasteiger partial charge on any atom is 0.343 e. The highest BCUT2D eigenvalue weighted by atomic mass is 19.1. The summed E-state index contributed by atoms with van der Waals surface area (Å²) in [6.07, 6.45) is 3.13. The van der Waals surface area contributed by atoms with Gasteiger partial charge < -0.3 is 4.74 Å². The molecule has 0 bridgehead atoms. The lowest BCUT2D eigenvalue weighted by Gasteiger charge is -2.05. The number of benzene rings is 3. The fraction of sp³-hybridized carbons (Fsp3) is 0. The second-order valence-corrected chi connectivity index (χ2v) is 5.53. The quantitative estimate of drug-likeness (QED) is 0.284. The number of rotatable bonds is 5. The van der Waals surface area contributed by atoms with E-state index in [1.54, 1.807) is 54.6 Å². The molecule has 0 fully saturated rings. The molecule has 3 aromatic carbocycles. The summed E-state index contributed by atoms with van der Waals surface area (Å²) in [6, 6.07) is 20.9. The number of hydrogen-bond acceptors (Lipinski definition) is 3. The summed E-state index contributed by atoms with van der Waals surface area (Å²) < 4.78 is 18.2. The molecule has 3 rings (SSSR count). The molecule has 3 aromatic rings. The molecule has 4 heteroatoms. The van der Waals surface area contributed by atoms with Gasteiger partial charge in [-0.15, -0.1) is 0 Å². The van der Waals surface area contributed by atoms with Gasteiger partial charge in [0.1, 0.15) is 11.6 Å². The molecule has 0 spiro atoms. The van der Waals surface area contributed by atoms with Crippen LogP contribution in [0.2, 0.25) is 0 Å². The van der Waals surface area contributed by atoms with E-state index < -0.39 is 11.8 Å². The number of carbonyl (C=O) groups excluding carboxylic acids is 2. The van der Waals surface area contributed by atoms with Crippen molar-refractivity contribution in [1.29, 1.82) is 0 Å². The van der Waals surface area contributed by atoms with Gasteiger partial charge in [0.15, 0.2) is 5.78 Å². The van der Waals surface area contributed by atoms with E-state index in [1.165, 1.54) is 30.3 Å². The summed E-state index contributed by atoms with van der Waals surface area (Å²) in [5.41, 5.74) is 1.58. The van der Waals surface area contributed by atoms with E-state index in [-0.39, 0.29) is 11.3 Å². The first-order valence-corrected chi connectivity index (χ1v) is 7.97. The van der Waals surface area contributed by atoms with Gasteiger partial charge in [-0.1, -0.05) is 48.5 Å². The fourth-order valence-electron chi connectivity index (χ4n) is 2.30. The lowest BCUT2D eigenvalue weighted by molar-refractivity contribution is 0.0734. The monoisotopic (exact) mass is 346 g/mol. The van der Waals surface area contributed by atoms with Gasteiger partial charge in [-0.05, 0) is 48.0 Å². The number of ether oxygens (including phenoxy) is 1. The number of esters is 1. The van der Waals surface area contributed by atoms with Gasteiger partial charge in [0.05, 0.1) is 5.56 Å². The molecule has 0 aliphatic heterocycles. The zero-order chi connectivity index (χ0) is 18.4. The van der Waals surface area contributed by atoms with Crippen LogP contribution in [0, 0.1) is 5.82 Å². The van der Waals surface area contributed by atoms with Crippen molar-refractivity contribution in [1.82, 2.24) is 0 Å². The second kappa shape index (κ2) is 8.03. The molecule has 0 aromatic heterocycles. The maximum absolute atomic E-state index is 12.9. The van der Waals surface area contributed by atoms with Gasteiger partial charge in [0.2, 0.25) is 0 Å². The number of carbonyl (C=O) groups is 2. The van der Waals surface area contributed by atoms with Crippen molar-refractivity contribution in [2.45, 2.75) is 0 Å². The molecule has 26 heavy (non-hydrogen) atoms. The van der Waals surface area contributed by atoms with Crippen molar-refractivity contribution in [3.8, 4) is 5.75 Å². The van der Waals surface area contributed by atoms with E-state index in [2.05, 4.69) is 0 Å². The topological polar surface area (TPSA) is 43.4 Å². The third kappa shape index (κ3) is 4.51. The minimum atomic E-state index is -0.577. The molecule has 0 heterocycles. The van der Waals surface area contributed by atoms with Gasteiger partial charge >= 0.3 is 5.97 Å². The molecule has 0 atom stereocenters. The summed E-state index contributed by atoms with van der Waals surface area (Å²) >= 11 is 0. The van der Waals surface area contributed by atoms with Gasteiger partial charge in [-0.3, -0.25) is 4.79 Å². The first-order valence-electron chi connectivity index (χ1n) is 7.97. The predicted octanol–water partition coefficient (Wildman–Crippen LogP) is 4.94. The Kier molecular flexibility index (Phi) is 5.34. The van der Waals surface area contributed by atoms with Crippen LogP contribution in [0.15, 0.2) is 84.9 Å². The molecular weight excluding hydrogens is 331 g/mol. The summed E-state index contributed by atoms with van der Waals surface area (Å²) in [6.45, 7) is 0. The highest BCUT2D eigenvalue weighted by molar-refractivity contribution is 6.06. The lowest BCUT2D eigenvalue weighted by Crippen LogP contribution is -2.08. The number of halogens is 1. The van der Waals surface area contributed by atoms with Crippen LogP contribution in [0.4, 0.5) is 4.39 Å². The smallest absolute Gasteiger partial charge is 0.343 e. The Morgan fingerprint density at radius 2 is 1.54 bits per heavy atom. The van der Waals surface area contributed by atoms with E-state index >= 15 is 0 Å². The summed E-state index contributed by atoms with van der Waals surface area (Å²) in [5, 5.41) is 0. The van der Waals surface area contributed by atoms with E-state index in [1.807, 2.05) is 6.07 Å². The van der Waals surface area contributed by atoms with Crippen LogP contribution in [0.5, 0.6) is 5.75 Å². The van der Waals surface area contributed by atoms with Crippen LogP contribution in [-0.2, 0) is 0 Å². The van der Waals surface area contributed by atoms with Crippen molar-refractivity contribution < 1.29 is 18.7 Å². The number of hydrogen-bond donors (Lipinski definition) is 0. The maximum atomic E-state index is 12.9. The normalized spacial score (nSPS) is 10.7. The minimum absolute atomic E-state index is 0.112. The first kappa shape index (κ1) is 17.3. The van der Waals surface area contributed by atoms with Crippen LogP contribution < -0.4 is 4.74 Å². The van der Waals surface area contributed by atoms with Gasteiger partial charge in [-0.2, -0.15) is 0 Å². The van der Waals surface area contributed by atoms with Crippen molar-refractivity contribution in [2.24, 2.45) is 0 Å². The molecule has 0 radical (unpaired) electrons. The van der Waals surface area contributed by atoms with Crippen molar-refractivity contribution in [3.05, 3.63) is 107 Å². The van der Waals surface area contributed by atoms with Crippen LogP contribution in [0.1, 0.15) is 26.3 Å². The zero-order valence-corrected chi connectivity index (χ0v) is 13.8. The largest absolute Gasteiger partial charge is 0.423 e. The van der Waals surface area contributed by atoms with Crippen LogP contribution in [-0.4, -0.2) is 11.8 Å². The Hall–Kier alpha value is -3.53. The van der Waals surface area contributed by atoms with E-state index in [4.69, 9.17) is 4.74 Å². The van der Waals surface area contributed by atoms with Crippen LogP contribution in [0.3, 0.4) is 0 Å². The summed E-state index contributed by atoms with van der Waals surface area (Å²) in [5.74, 6) is -0.767. The molecule has 0 amide bonds. The number of ketones is 1. The zero-order valence-electron chi connectivity index (χ0n) is 13.8. The molecule has 128 valence electrons. The molecule has 0 aliphatic carbocycles. The Morgan fingerprint density at radius 1 is 0.808 bits per heavy atom. The van der Waals surface area contributed by atoms with Gasteiger partial charge in [0, 0.05) is 5.56 Å². The molecular formula is C22H15FO3. The third-order valence-electron chi connectivity index (χ3n) is 3.63. The average molecular weight is 346 g/mol. The first-order chi connectivity index (χ1) is 12.6. The number of allylic oxidation sites excluding steroid dienone is 1. The average Bonchev–Trinajstić information content (AvgIpc) is 2.67. The molecule has 0 saturated heterocycles. The molecule has 0 N–H and O–H groups in total. The van der Waals surface area contributed by atoms with E-state index in [9.17, 15) is 14.0 Å². The Balaban J connectivity index is 1.70. The summed E-state index contributed by atoms with van der Waals surface area (Å²) in [7, 11) is 0. The standard InChI is InChI=1S/C22H15FO3/c23-19-12-10-18(11-13-19)22(25)26-20-8-4-5-16(15-20)9-14-21(24)17-6-2-1-3-7-17/h1-15H/b14-9+. The summed E-state index contributed by atoms with van der Waals surface area (Å²) in [4.78, 5) is 24.2. The van der Waals surface area contributed by atoms with E-state index in [0.717, 1.165) is 5.56 Å². The lowest BCUT2D eigenvalue weighted by atomic mass is 10.1. The highest BCUT2D eigenvalue weighted by Crippen LogP contribution is 2.17. The van der Waals surface area contributed by atoms with Gasteiger partial charge in [0.25, 0.3) is 0 Å². The Bertz CT molecular complexity index is 945. The molecule has 3 nitrogen and oxygen atoms in total. The van der Waals surface area contributed by atoms with Gasteiger partial charge in [-0.25, -0.2) is 9.18 Å². The minimum Gasteiger partial charge on any atom is -0.423 e. The Labute approximate surface area is 150 Å². The second-order valence-electron chi connectivity index (χ2n) is 5.53. The predicted molar refractivity (Wildman–Crippen MR) is 97.6 cm³/mol. The molecule has 0 unspecified atom stereocenters. The third-order valence-corrected chi connectivity index (χ3v) is 3.63. The van der Waals surface area contributed by atoms with Crippen molar-refractivity contribution >= 4 is 17.8 Å². The van der Waals surface area contributed by atoms with Crippen molar-refractivity contribution in [2.75, 3.05) is 0 Å². The van der Waals surface area contributed by atoms with E-state index in [0.29, 0.717) is 11.3 Å². The fourth-order valence-corrected chi connectivity index (χ4v) is 2.30. The Morgan fingerprint density at radius 3 is 2.27 bits per heavy atom. The molecule has 0 saturated carbocycles. The van der Waals surface area contributed by atoms with Crippen LogP contribution in [0.25, 0.3) is 6.08 Å².